The summed E-state index contributed by atoms with van der Waals surface area (Å²) in [7, 11) is 0. The molecule has 1 saturated carbocycles. The third-order valence-electron chi connectivity index (χ3n) is 6.67. The highest BCUT2D eigenvalue weighted by molar-refractivity contribution is 5.27. The summed E-state index contributed by atoms with van der Waals surface area (Å²) in [6.07, 6.45) is 6.70. The van der Waals surface area contributed by atoms with Crippen molar-refractivity contribution in [3.05, 3.63) is 71.3 Å². The maximum absolute atomic E-state index is 14.3. The maximum atomic E-state index is 14.3. The number of alkyl halides is 1. The SMILES string of the molecule is CC#N.CCC(CCc1ccc(C2CCCCC2F)cc1)N(Cc1ccccc1)C(C)C. The summed E-state index contributed by atoms with van der Waals surface area (Å²) in [5.74, 6) is 0.114. The summed E-state index contributed by atoms with van der Waals surface area (Å²) < 4.78 is 14.3. The molecule has 0 radical (unpaired) electrons. The summed E-state index contributed by atoms with van der Waals surface area (Å²) in [6, 6.07) is 22.5. The molecule has 0 heterocycles. The predicted octanol–water partition coefficient (Wildman–Crippen LogP) is 7.83. The van der Waals surface area contributed by atoms with Crippen molar-refractivity contribution in [2.75, 3.05) is 0 Å². The van der Waals surface area contributed by atoms with Gasteiger partial charge in [-0.3, -0.25) is 4.90 Å². The summed E-state index contributed by atoms with van der Waals surface area (Å²) in [4.78, 5) is 2.64. The van der Waals surface area contributed by atoms with Gasteiger partial charge in [0, 0.05) is 31.5 Å². The number of hydrogen-bond donors (Lipinski definition) is 0. The van der Waals surface area contributed by atoms with Gasteiger partial charge in [-0.1, -0.05) is 74.4 Å². The number of halogens is 1. The molecule has 0 N–H and O–H groups in total. The van der Waals surface area contributed by atoms with Crippen LogP contribution in [0.5, 0.6) is 0 Å². The Balaban J connectivity index is 0.00000114. The molecule has 32 heavy (non-hydrogen) atoms. The minimum Gasteiger partial charge on any atom is -0.294 e. The molecular formula is C29H41FN2. The van der Waals surface area contributed by atoms with Crippen LogP contribution < -0.4 is 0 Å². The van der Waals surface area contributed by atoms with Crippen LogP contribution in [0.3, 0.4) is 0 Å². The third kappa shape index (κ3) is 8.06. The molecule has 0 bridgehead atoms. The van der Waals surface area contributed by atoms with E-state index in [1.807, 2.05) is 0 Å². The van der Waals surface area contributed by atoms with Crippen LogP contribution in [0.2, 0.25) is 0 Å². The molecule has 2 aromatic carbocycles. The zero-order valence-electron chi connectivity index (χ0n) is 20.4. The van der Waals surface area contributed by atoms with Gasteiger partial charge in [-0.25, -0.2) is 4.39 Å². The highest BCUT2D eigenvalue weighted by atomic mass is 19.1. The largest absolute Gasteiger partial charge is 0.294 e. The summed E-state index contributed by atoms with van der Waals surface area (Å²) in [6.45, 7) is 9.35. The molecule has 0 amide bonds. The lowest BCUT2D eigenvalue weighted by Crippen LogP contribution is -2.39. The molecule has 0 aromatic heterocycles. The second kappa shape index (κ2) is 14.1. The third-order valence-corrected chi connectivity index (χ3v) is 6.67. The van der Waals surface area contributed by atoms with Crippen LogP contribution in [-0.4, -0.2) is 23.2 Å². The second-order valence-corrected chi connectivity index (χ2v) is 9.22. The van der Waals surface area contributed by atoms with E-state index in [1.54, 1.807) is 6.07 Å². The van der Waals surface area contributed by atoms with Crippen molar-refractivity contribution >= 4 is 0 Å². The van der Waals surface area contributed by atoms with E-state index in [4.69, 9.17) is 5.26 Å². The first-order chi connectivity index (χ1) is 15.5. The van der Waals surface area contributed by atoms with Crippen molar-refractivity contribution < 1.29 is 4.39 Å². The van der Waals surface area contributed by atoms with Crippen LogP contribution in [0.4, 0.5) is 4.39 Å². The van der Waals surface area contributed by atoms with Gasteiger partial charge in [-0.15, -0.1) is 0 Å². The van der Waals surface area contributed by atoms with Crippen LogP contribution in [-0.2, 0) is 13.0 Å². The van der Waals surface area contributed by atoms with Gasteiger partial charge in [0.15, 0.2) is 0 Å². The van der Waals surface area contributed by atoms with Gasteiger partial charge in [0.25, 0.3) is 0 Å². The Bertz CT molecular complexity index is 794. The topological polar surface area (TPSA) is 27.0 Å². The van der Waals surface area contributed by atoms with E-state index in [1.165, 1.54) is 23.6 Å². The van der Waals surface area contributed by atoms with Crippen LogP contribution in [0.1, 0.15) is 88.8 Å². The summed E-state index contributed by atoms with van der Waals surface area (Å²) in [5.41, 5.74) is 3.96. The van der Waals surface area contributed by atoms with E-state index in [0.29, 0.717) is 12.1 Å². The van der Waals surface area contributed by atoms with Gasteiger partial charge < -0.3 is 0 Å². The van der Waals surface area contributed by atoms with Crippen molar-refractivity contribution in [1.29, 1.82) is 5.26 Å². The molecule has 3 rings (SSSR count). The lowest BCUT2D eigenvalue weighted by molar-refractivity contribution is 0.132. The van der Waals surface area contributed by atoms with Crippen molar-refractivity contribution in [2.24, 2.45) is 0 Å². The number of rotatable bonds is 9. The van der Waals surface area contributed by atoms with Crippen LogP contribution in [0.15, 0.2) is 54.6 Å². The second-order valence-electron chi connectivity index (χ2n) is 9.22. The number of hydrogen-bond acceptors (Lipinski definition) is 2. The highest BCUT2D eigenvalue weighted by Gasteiger charge is 2.26. The fourth-order valence-corrected chi connectivity index (χ4v) is 4.86. The quantitative estimate of drug-likeness (QED) is 0.400. The Labute approximate surface area is 195 Å². The van der Waals surface area contributed by atoms with Gasteiger partial charge in [-0.2, -0.15) is 5.26 Å². The van der Waals surface area contributed by atoms with Gasteiger partial charge >= 0.3 is 0 Å². The molecule has 0 spiro atoms. The molecule has 0 aliphatic heterocycles. The van der Waals surface area contributed by atoms with Crippen LogP contribution in [0.25, 0.3) is 0 Å². The zero-order chi connectivity index (χ0) is 23.3. The highest BCUT2D eigenvalue weighted by Crippen LogP contribution is 2.35. The van der Waals surface area contributed by atoms with Crippen molar-refractivity contribution in [1.82, 2.24) is 4.90 Å². The fraction of sp³-hybridized carbons (Fsp3) is 0.552. The minimum atomic E-state index is -0.656. The molecule has 1 aliphatic rings. The Hall–Kier alpha value is -2.18. The molecule has 174 valence electrons. The Morgan fingerprint density at radius 3 is 2.19 bits per heavy atom. The van der Waals surface area contributed by atoms with Gasteiger partial charge in [0.1, 0.15) is 6.17 Å². The summed E-state index contributed by atoms with van der Waals surface area (Å²) >= 11 is 0. The van der Waals surface area contributed by atoms with Crippen molar-refractivity contribution in [3.63, 3.8) is 0 Å². The van der Waals surface area contributed by atoms with E-state index in [0.717, 1.165) is 51.5 Å². The Morgan fingerprint density at radius 2 is 1.62 bits per heavy atom. The molecule has 1 aliphatic carbocycles. The summed E-state index contributed by atoms with van der Waals surface area (Å²) in [5, 5.41) is 7.32. The average Bonchev–Trinajstić information content (AvgIpc) is 2.80. The standard InChI is InChI=1S/C27H38FN.C2H3N/c1-4-25(29(21(2)3)20-23-10-6-5-7-11-23)19-16-22-14-17-24(18-15-22)26-12-8-9-13-27(26)28;1-2-3/h5-7,10-11,14-15,17-18,21,25-27H,4,8-9,12-13,16,19-20H2,1-3H3;1H3. The number of benzene rings is 2. The number of aryl methyl sites for hydroxylation is 1. The zero-order valence-corrected chi connectivity index (χ0v) is 20.4. The van der Waals surface area contributed by atoms with Gasteiger partial charge in [0.05, 0.1) is 6.07 Å². The average molecular weight is 437 g/mol. The minimum absolute atomic E-state index is 0.114. The molecule has 1 fully saturated rings. The van der Waals surface area contributed by atoms with Crippen molar-refractivity contribution in [3.8, 4) is 6.07 Å². The lowest BCUT2D eigenvalue weighted by Gasteiger charge is -2.35. The molecule has 0 saturated heterocycles. The fourth-order valence-electron chi connectivity index (χ4n) is 4.86. The lowest BCUT2D eigenvalue weighted by atomic mass is 9.82. The molecule has 2 nitrogen and oxygen atoms in total. The maximum Gasteiger partial charge on any atom is 0.107 e. The van der Waals surface area contributed by atoms with Crippen molar-refractivity contribution in [2.45, 2.75) is 103 Å². The van der Waals surface area contributed by atoms with Gasteiger partial charge in [0.2, 0.25) is 0 Å². The molecule has 2 aromatic rings. The first-order valence-electron chi connectivity index (χ1n) is 12.3. The molecular weight excluding hydrogens is 395 g/mol. The molecule has 3 atom stereocenters. The predicted molar refractivity (Wildman–Crippen MR) is 133 cm³/mol. The first-order valence-corrected chi connectivity index (χ1v) is 12.3. The van der Waals surface area contributed by atoms with E-state index >= 15 is 0 Å². The monoisotopic (exact) mass is 436 g/mol. The Kier molecular flexibility index (Phi) is 11.5. The first kappa shape index (κ1) is 26.1. The molecule has 3 heteroatoms. The normalized spacial score (nSPS) is 19.2. The molecule has 3 unspecified atom stereocenters. The number of nitrogens with zero attached hydrogens (tertiary/aromatic N) is 2. The van der Waals surface area contributed by atoms with E-state index in [-0.39, 0.29) is 5.92 Å². The smallest absolute Gasteiger partial charge is 0.107 e. The van der Waals surface area contributed by atoms with Crippen LogP contribution >= 0.6 is 0 Å². The van der Waals surface area contributed by atoms with Crippen LogP contribution in [0, 0.1) is 11.3 Å². The van der Waals surface area contributed by atoms with E-state index in [9.17, 15) is 4.39 Å². The van der Waals surface area contributed by atoms with E-state index in [2.05, 4.69) is 80.3 Å². The van der Waals surface area contributed by atoms with Gasteiger partial charge in [-0.05, 0) is 62.6 Å². The van der Waals surface area contributed by atoms with E-state index < -0.39 is 6.17 Å². The number of nitriles is 1. The Morgan fingerprint density at radius 1 is 1.00 bits per heavy atom.